The predicted molar refractivity (Wildman–Crippen MR) is 91.2 cm³/mol. The molecule has 5 nitrogen and oxygen atoms in total. The minimum Gasteiger partial charge on any atom is -0.439 e. The van der Waals surface area contributed by atoms with Crippen LogP contribution in [0.25, 0.3) is 11.1 Å². The molecule has 1 N–H and O–H groups in total. The zero-order valence-corrected chi connectivity index (χ0v) is 14.1. The second-order valence-electron chi connectivity index (χ2n) is 6.15. The molecule has 4 rings (SSSR count). The molecule has 0 aliphatic heterocycles. The maximum absolute atomic E-state index is 12.7. The van der Waals surface area contributed by atoms with Crippen LogP contribution in [0.15, 0.2) is 51.8 Å². The van der Waals surface area contributed by atoms with Crippen molar-refractivity contribution in [2.24, 2.45) is 0 Å². The van der Waals surface area contributed by atoms with Crippen LogP contribution in [-0.2, 0) is 22.9 Å². The molecule has 1 aliphatic rings. The fourth-order valence-corrected chi connectivity index (χ4v) is 4.39. The highest BCUT2D eigenvalue weighted by atomic mass is 32.2. The Morgan fingerprint density at radius 2 is 1.92 bits per heavy atom. The Kier molecular flexibility index (Phi) is 3.66. The normalized spacial score (nSPS) is 15.5. The van der Waals surface area contributed by atoms with Crippen molar-refractivity contribution in [1.82, 2.24) is 9.71 Å². The number of nitrogens with zero attached hydrogens (tertiary/aromatic N) is 1. The first kappa shape index (κ1) is 15.4. The van der Waals surface area contributed by atoms with E-state index in [4.69, 9.17) is 4.42 Å². The summed E-state index contributed by atoms with van der Waals surface area (Å²) in [6.45, 7) is 1.73. The van der Waals surface area contributed by atoms with E-state index in [1.807, 2.05) is 30.3 Å². The number of benzene rings is 2. The van der Waals surface area contributed by atoms with E-state index in [-0.39, 0.29) is 0 Å². The Morgan fingerprint density at radius 3 is 2.75 bits per heavy atom. The number of rotatable bonds is 4. The molecule has 0 spiro atoms. The van der Waals surface area contributed by atoms with Crippen LogP contribution >= 0.6 is 0 Å². The molecule has 6 heteroatoms. The molecule has 0 saturated carbocycles. The largest absolute Gasteiger partial charge is 0.439 e. The van der Waals surface area contributed by atoms with E-state index in [2.05, 4.69) is 9.71 Å². The molecule has 0 fully saturated rings. The van der Waals surface area contributed by atoms with Crippen LogP contribution in [0.4, 0.5) is 0 Å². The van der Waals surface area contributed by atoms with E-state index in [0.29, 0.717) is 16.4 Å². The smallest absolute Gasteiger partial charge is 0.241 e. The summed E-state index contributed by atoms with van der Waals surface area (Å²) in [5, 5.41) is 0. The molecule has 1 atom stereocenters. The number of fused-ring (bicyclic) bond motifs is 2. The Morgan fingerprint density at radius 1 is 1.12 bits per heavy atom. The lowest BCUT2D eigenvalue weighted by Gasteiger charge is -2.12. The molecule has 0 bridgehead atoms. The van der Waals surface area contributed by atoms with Gasteiger partial charge < -0.3 is 4.42 Å². The van der Waals surface area contributed by atoms with E-state index in [0.717, 1.165) is 30.3 Å². The molecule has 1 heterocycles. The summed E-state index contributed by atoms with van der Waals surface area (Å²) in [4.78, 5) is 4.65. The minimum absolute atomic E-state index is 0.297. The first-order valence-corrected chi connectivity index (χ1v) is 9.51. The average Bonchev–Trinajstić information content (AvgIpc) is 3.20. The lowest BCUT2D eigenvalue weighted by Crippen LogP contribution is -2.27. The van der Waals surface area contributed by atoms with Gasteiger partial charge in [0.15, 0.2) is 5.58 Å². The molecule has 124 valence electrons. The van der Waals surface area contributed by atoms with Gasteiger partial charge in [-0.05, 0) is 61.6 Å². The fourth-order valence-electron chi connectivity index (χ4n) is 3.14. The number of oxazole rings is 1. The Bertz CT molecular complexity index is 975. The van der Waals surface area contributed by atoms with Gasteiger partial charge >= 0.3 is 0 Å². The highest BCUT2D eigenvalue weighted by molar-refractivity contribution is 7.89. The number of para-hydroxylation sites is 2. The maximum atomic E-state index is 12.7. The zero-order chi connectivity index (χ0) is 16.7. The third kappa shape index (κ3) is 2.72. The van der Waals surface area contributed by atoms with E-state index in [1.165, 1.54) is 5.56 Å². The number of hydrogen-bond donors (Lipinski definition) is 1. The van der Waals surface area contributed by atoms with Gasteiger partial charge in [0.25, 0.3) is 0 Å². The molecule has 1 aromatic heterocycles. The highest BCUT2D eigenvalue weighted by Crippen LogP contribution is 2.26. The van der Waals surface area contributed by atoms with Gasteiger partial charge in [-0.3, -0.25) is 0 Å². The number of hydrogen-bond acceptors (Lipinski definition) is 4. The summed E-state index contributed by atoms with van der Waals surface area (Å²) in [7, 11) is -3.62. The van der Waals surface area contributed by atoms with Gasteiger partial charge in [-0.2, -0.15) is 4.72 Å². The molecule has 3 aromatic rings. The molecule has 0 amide bonds. The molecular formula is C18H18N2O3S. The summed E-state index contributed by atoms with van der Waals surface area (Å²) in [6, 6.07) is 12.2. The third-order valence-corrected chi connectivity index (χ3v) is 5.93. The second-order valence-corrected chi connectivity index (χ2v) is 7.86. The first-order valence-electron chi connectivity index (χ1n) is 8.02. The second kappa shape index (κ2) is 5.72. The highest BCUT2D eigenvalue weighted by Gasteiger charge is 2.23. The summed E-state index contributed by atoms with van der Waals surface area (Å²) in [5.74, 6) is 0.362. The Hall–Kier alpha value is -2.18. The van der Waals surface area contributed by atoms with Crippen molar-refractivity contribution in [3.63, 3.8) is 0 Å². The predicted octanol–water partition coefficient (Wildman–Crippen LogP) is 3.36. The summed E-state index contributed by atoms with van der Waals surface area (Å²) >= 11 is 0. The quantitative estimate of drug-likeness (QED) is 0.789. The van der Waals surface area contributed by atoms with Crippen molar-refractivity contribution in [1.29, 1.82) is 0 Å². The molecule has 2 aromatic carbocycles. The third-order valence-electron chi connectivity index (χ3n) is 4.39. The molecule has 0 saturated heterocycles. The number of aromatic nitrogens is 1. The number of nitrogens with one attached hydrogen (secondary N) is 1. The fraction of sp³-hybridized carbons (Fsp3) is 0.278. The lowest BCUT2D eigenvalue weighted by molar-refractivity contribution is 0.467. The van der Waals surface area contributed by atoms with Crippen LogP contribution in [-0.4, -0.2) is 13.4 Å². The SMILES string of the molecule is CC(NS(=O)(=O)c1ccc2c(c1)CCC2)c1nc2ccccc2o1. The number of sulfonamides is 1. The van der Waals surface area contributed by atoms with Crippen LogP contribution in [0.5, 0.6) is 0 Å². The van der Waals surface area contributed by atoms with Crippen LogP contribution in [0, 0.1) is 0 Å². The van der Waals surface area contributed by atoms with Crippen LogP contribution in [0.1, 0.15) is 36.4 Å². The van der Waals surface area contributed by atoms with Crippen molar-refractivity contribution in [2.75, 3.05) is 0 Å². The molecule has 0 radical (unpaired) electrons. The van der Waals surface area contributed by atoms with Crippen LogP contribution < -0.4 is 4.72 Å². The summed E-state index contributed by atoms with van der Waals surface area (Å²) < 4.78 is 33.6. The van der Waals surface area contributed by atoms with Gasteiger partial charge in [-0.1, -0.05) is 18.2 Å². The van der Waals surface area contributed by atoms with Crippen molar-refractivity contribution >= 4 is 21.1 Å². The van der Waals surface area contributed by atoms with Gasteiger partial charge in [0.05, 0.1) is 10.9 Å². The molecular weight excluding hydrogens is 324 g/mol. The van der Waals surface area contributed by atoms with E-state index < -0.39 is 16.1 Å². The lowest BCUT2D eigenvalue weighted by atomic mass is 10.1. The van der Waals surface area contributed by atoms with Gasteiger partial charge in [0.2, 0.25) is 15.9 Å². The van der Waals surface area contributed by atoms with Crippen molar-refractivity contribution in [2.45, 2.75) is 37.1 Å². The average molecular weight is 342 g/mol. The van der Waals surface area contributed by atoms with E-state index in [1.54, 1.807) is 19.1 Å². The first-order chi connectivity index (χ1) is 11.5. The van der Waals surface area contributed by atoms with Crippen LogP contribution in [0.2, 0.25) is 0 Å². The summed E-state index contributed by atoms with van der Waals surface area (Å²) in [6.07, 6.45) is 3.06. The van der Waals surface area contributed by atoms with Crippen molar-refractivity contribution < 1.29 is 12.8 Å². The van der Waals surface area contributed by atoms with Gasteiger partial charge in [0, 0.05) is 0 Å². The zero-order valence-electron chi connectivity index (χ0n) is 13.3. The molecule has 1 unspecified atom stereocenters. The maximum Gasteiger partial charge on any atom is 0.241 e. The standard InChI is InChI=1S/C18H18N2O3S/c1-12(18-19-16-7-2-3-8-17(16)23-18)20-24(21,22)15-10-9-13-5-4-6-14(13)11-15/h2-3,7-12,20H,4-6H2,1H3. The van der Waals surface area contributed by atoms with Crippen LogP contribution in [0.3, 0.4) is 0 Å². The topological polar surface area (TPSA) is 72.2 Å². The van der Waals surface area contributed by atoms with Gasteiger partial charge in [-0.25, -0.2) is 13.4 Å². The molecule has 24 heavy (non-hydrogen) atoms. The minimum atomic E-state index is -3.62. The Balaban J connectivity index is 1.61. The summed E-state index contributed by atoms with van der Waals surface area (Å²) in [5.41, 5.74) is 3.75. The van der Waals surface area contributed by atoms with Gasteiger partial charge in [0.1, 0.15) is 5.52 Å². The number of aryl methyl sites for hydroxylation is 2. The monoisotopic (exact) mass is 342 g/mol. The van der Waals surface area contributed by atoms with E-state index >= 15 is 0 Å². The van der Waals surface area contributed by atoms with Gasteiger partial charge in [-0.15, -0.1) is 0 Å². The molecule has 1 aliphatic carbocycles. The van der Waals surface area contributed by atoms with E-state index in [9.17, 15) is 8.42 Å². The van der Waals surface area contributed by atoms with Crippen molar-refractivity contribution in [3.05, 3.63) is 59.5 Å². The Labute approximate surface area is 140 Å². The van der Waals surface area contributed by atoms with Crippen molar-refractivity contribution in [3.8, 4) is 0 Å².